The fraction of sp³-hybridized carbons (Fsp3) is 0.680. The van der Waals surface area contributed by atoms with Gasteiger partial charge >= 0.3 is 5.97 Å². The zero-order valence-electron chi connectivity index (χ0n) is 19.4. The highest BCUT2D eigenvalue weighted by Gasteiger charge is 2.69. The smallest absolute Gasteiger partial charge is 0.303 e. The van der Waals surface area contributed by atoms with E-state index in [4.69, 9.17) is 9.47 Å². The van der Waals surface area contributed by atoms with E-state index in [0.717, 1.165) is 24.0 Å². The Balaban J connectivity index is 1.62. The highest BCUT2D eigenvalue weighted by molar-refractivity contribution is 6.00. The summed E-state index contributed by atoms with van der Waals surface area (Å²) in [6.45, 7) is 10.3. The molecule has 1 amide bonds. The maximum absolute atomic E-state index is 12.2. The van der Waals surface area contributed by atoms with E-state index in [1.54, 1.807) is 6.07 Å². The molecule has 7 nitrogen and oxygen atoms in total. The van der Waals surface area contributed by atoms with Gasteiger partial charge in [-0.05, 0) is 37.2 Å². The number of amides is 1. The minimum atomic E-state index is -0.813. The van der Waals surface area contributed by atoms with Crippen LogP contribution in [0.5, 0.6) is 11.5 Å². The lowest BCUT2D eigenvalue weighted by atomic mass is 9.43. The maximum Gasteiger partial charge on any atom is 0.303 e. The zero-order chi connectivity index (χ0) is 23.2. The Labute approximate surface area is 188 Å². The summed E-state index contributed by atoms with van der Waals surface area (Å²) in [7, 11) is 0. The molecule has 5 rings (SSSR count). The van der Waals surface area contributed by atoms with E-state index in [1.165, 1.54) is 6.92 Å². The average molecular weight is 444 g/mol. The first-order valence-corrected chi connectivity index (χ1v) is 11.6. The van der Waals surface area contributed by atoms with Crippen molar-refractivity contribution in [1.29, 1.82) is 0 Å². The highest BCUT2D eigenvalue weighted by Crippen LogP contribution is 2.67. The summed E-state index contributed by atoms with van der Waals surface area (Å²) in [5.41, 5.74) is 0.538. The second kappa shape index (κ2) is 6.62. The summed E-state index contributed by atoms with van der Waals surface area (Å²) in [6.07, 6.45) is 1.46. The van der Waals surface area contributed by atoms with Crippen LogP contribution in [0, 0.1) is 22.7 Å². The minimum Gasteiger partial charge on any atom is -0.508 e. The van der Waals surface area contributed by atoms with Crippen molar-refractivity contribution in [3.05, 3.63) is 22.8 Å². The molecule has 2 aliphatic carbocycles. The van der Waals surface area contributed by atoms with E-state index in [2.05, 4.69) is 33.0 Å². The standard InChI is InChI=1S/C25H33NO6/c1-12-6-7-19-23(3,4)21(31-13(2)27)18(29)10-24(19,5)25(12)9-15-17(28)8-14-16(20(15)32-25)11-26-22(14)30/h8,12,18-19,21,28-29H,6-7,9-11H2,1-5H3,(H,26,30)/t12-,18?,19?,21-,24+,25?/m0/s1. The Morgan fingerprint density at radius 3 is 2.66 bits per heavy atom. The fourth-order valence-electron chi connectivity index (χ4n) is 7.72. The molecule has 0 radical (unpaired) electrons. The number of fused-ring (bicyclic) bond motifs is 5. The van der Waals surface area contributed by atoms with Crippen LogP contribution in [0.2, 0.25) is 0 Å². The number of carbonyl (C=O) groups excluding carboxylic acids is 2. The summed E-state index contributed by atoms with van der Waals surface area (Å²) in [6, 6.07) is 1.56. The molecule has 1 aromatic rings. The van der Waals surface area contributed by atoms with E-state index in [1.807, 2.05) is 0 Å². The fourth-order valence-corrected chi connectivity index (χ4v) is 7.72. The highest BCUT2D eigenvalue weighted by atomic mass is 16.6. The second-order valence-electron chi connectivity index (χ2n) is 11.2. The van der Waals surface area contributed by atoms with Gasteiger partial charge in [0, 0.05) is 41.8 Å². The molecule has 0 saturated heterocycles. The number of hydrogen-bond donors (Lipinski definition) is 3. The summed E-state index contributed by atoms with van der Waals surface area (Å²) in [5, 5.41) is 24.9. The third kappa shape index (κ3) is 2.57. The molecule has 1 aromatic carbocycles. The number of carbonyl (C=O) groups is 2. The predicted octanol–water partition coefficient (Wildman–Crippen LogP) is 3.08. The molecule has 6 atom stereocenters. The molecule has 4 aliphatic rings. The molecule has 174 valence electrons. The van der Waals surface area contributed by atoms with Crippen molar-refractivity contribution in [2.45, 2.75) is 84.7 Å². The number of phenols is 1. The van der Waals surface area contributed by atoms with Crippen LogP contribution < -0.4 is 10.1 Å². The van der Waals surface area contributed by atoms with Crippen molar-refractivity contribution in [2.75, 3.05) is 0 Å². The van der Waals surface area contributed by atoms with E-state index in [-0.39, 0.29) is 29.5 Å². The Morgan fingerprint density at radius 1 is 1.25 bits per heavy atom. The van der Waals surface area contributed by atoms with Crippen molar-refractivity contribution in [3.8, 4) is 11.5 Å². The number of aromatic hydroxyl groups is 1. The monoisotopic (exact) mass is 443 g/mol. The molecule has 32 heavy (non-hydrogen) atoms. The second-order valence-corrected chi connectivity index (χ2v) is 11.2. The van der Waals surface area contributed by atoms with Crippen LogP contribution in [0.25, 0.3) is 0 Å². The van der Waals surface area contributed by atoms with Crippen LogP contribution in [-0.4, -0.2) is 39.9 Å². The van der Waals surface area contributed by atoms with Crippen molar-refractivity contribution in [2.24, 2.45) is 22.7 Å². The number of rotatable bonds is 1. The van der Waals surface area contributed by atoms with Crippen molar-refractivity contribution < 1.29 is 29.3 Å². The number of aliphatic hydroxyl groups is 1. The number of esters is 1. The summed E-state index contributed by atoms with van der Waals surface area (Å²) < 4.78 is 12.5. The third-order valence-electron chi connectivity index (χ3n) is 9.18. The van der Waals surface area contributed by atoms with Crippen LogP contribution in [-0.2, 0) is 22.5 Å². The topological polar surface area (TPSA) is 105 Å². The van der Waals surface area contributed by atoms with Crippen LogP contribution in [0.3, 0.4) is 0 Å². The minimum absolute atomic E-state index is 0.0963. The molecule has 0 bridgehead atoms. The molecule has 2 heterocycles. The lowest BCUT2D eigenvalue weighted by Gasteiger charge is -2.65. The van der Waals surface area contributed by atoms with Crippen LogP contribution in [0.4, 0.5) is 0 Å². The predicted molar refractivity (Wildman–Crippen MR) is 116 cm³/mol. The number of benzene rings is 1. The molecule has 2 saturated carbocycles. The van der Waals surface area contributed by atoms with Crippen molar-refractivity contribution in [3.63, 3.8) is 0 Å². The lowest BCUT2D eigenvalue weighted by Crippen LogP contribution is -2.69. The number of nitrogens with one attached hydrogen (secondary N) is 1. The van der Waals surface area contributed by atoms with Gasteiger partial charge in [0.05, 0.1) is 11.7 Å². The van der Waals surface area contributed by atoms with Gasteiger partial charge in [-0.3, -0.25) is 9.59 Å². The van der Waals surface area contributed by atoms with Gasteiger partial charge in [0.25, 0.3) is 5.91 Å². The normalized spacial score (nSPS) is 39.0. The van der Waals surface area contributed by atoms with E-state index in [9.17, 15) is 19.8 Å². The van der Waals surface area contributed by atoms with Gasteiger partial charge in [-0.2, -0.15) is 0 Å². The van der Waals surface area contributed by atoms with E-state index in [0.29, 0.717) is 30.7 Å². The zero-order valence-corrected chi connectivity index (χ0v) is 19.4. The maximum atomic E-state index is 12.2. The van der Waals surface area contributed by atoms with Gasteiger partial charge in [-0.25, -0.2) is 0 Å². The molecule has 0 aromatic heterocycles. The first-order valence-electron chi connectivity index (χ1n) is 11.6. The lowest BCUT2D eigenvalue weighted by molar-refractivity contribution is -0.246. The third-order valence-corrected chi connectivity index (χ3v) is 9.18. The quantitative estimate of drug-likeness (QED) is 0.576. The number of phenolic OH excluding ortho intramolecular Hbond substituents is 1. The van der Waals surface area contributed by atoms with E-state index >= 15 is 0 Å². The Morgan fingerprint density at radius 2 is 1.97 bits per heavy atom. The van der Waals surface area contributed by atoms with Gasteiger partial charge in [0.2, 0.25) is 0 Å². The van der Waals surface area contributed by atoms with E-state index < -0.39 is 28.6 Å². The Bertz CT molecular complexity index is 1020. The van der Waals surface area contributed by atoms with Crippen LogP contribution in [0.1, 0.15) is 75.4 Å². The first-order chi connectivity index (χ1) is 14.9. The first kappa shape index (κ1) is 21.6. The summed E-state index contributed by atoms with van der Waals surface area (Å²) >= 11 is 0. The van der Waals surface area contributed by atoms with Gasteiger partial charge in [-0.15, -0.1) is 0 Å². The van der Waals surface area contributed by atoms with Crippen molar-refractivity contribution >= 4 is 11.9 Å². The van der Waals surface area contributed by atoms with Gasteiger partial charge in [0.1, 0.15) is 23.2 Å². The largest absolute Gasteiger partial charge is 0.508 e. The van der Waals surface area contributed by atoms with Gasteiger partial charge < -0.3 is 25.0 Å². The van der Waals surface area contributed by atoms with Crippen molar-refractivity contribution in [1.82, 2.24) is 5.32 Å². The molecule has 7 heteroatoms. The number of aliphatic hydroxyl groups excluding tert-OH is 1. The van der Waals surface area contributed by atoms with Gasteiger partial charge in [0.15, 0.2) is 0 Å². The van der Waals surface area contributed by atoms with Crippen LogP contribution >= 0.6 is 0 Å². The molecular weight excluding hydrogens is 410 g/mol. The molecule has 1 spiro atoms. The molecular formula is C25H33NO6. The number of ether oxygens (including phenoxy) is 2. The molecule has 3 unspecified atom stereocenters. The molecule has 2 fully saturated rings. The summed E-state index contributed by atoms with van der Waals surface area (Å²) in [4.78, 5) is 24.0. The molecule has 3 N–H and O–H groups in total. The Kier molecular flexibility index (Phi) is 4.46. The number of hydrogen-bond acceptors (Lipinski definition) is 6. The van der Waals surface area contributed by atoms with Crippen LogP contribution in [0.15, 0.2) is 6.07 Å². The SMILES string of the molecule is CC(=O)O[C@H]1C(O)C[C@]2(C)C(CC[C@H](C)C23Cc2c(O)cc4c(c2O3)CNC4=O)C1(C)C. The van der Waals surface area contributed by atoms with Gasteiger partial charge in [-0.1, -0.05) is 27.7 Å². The Hall–Kier alpha value is -2.28. The molecule has 2 aliphatic heterocycles. The average Bonchev–Trinajstić information content (AvgIpc) is 3.27. The summed E-state index contributed by atoms with van der Waals surface area (Å²) in [5.74, 6) is 0.474.